The van der Waals surface area contributed by atoms with Gasteiger partial charge in [0.1, 0.15) is 10.3 Å². The summed E-state index contributed by atoms with van der Waals surface area (Å²) in [5.74, 6) is -0.314. The maximum Gasteiger partial charge on any atom is 0.253 e. The lowest BCUT2D eigenvalue weighted by Gasteiger charge is -2.22. The number of halogens is 2. The summed E-state index contributed by atoms with van der Waals surface area (Å²) in [6.45, 7) is 2.42. The SMILES string of the molecule is Cc1ccc(S(=O)(=O)N2CCCC2C(=O)NCc2ccc(Cl)cc2Cl)s1. The van der Waals surface area contributed by atoms with Gasteiger partial charge in [0.2, 0.25) is 5.91 Å². The fourth-order valence-electron chi connectivity index (χ4n) is 2.92. The summed E-state index contributed by atoms with van der Waals surface area (Å²) in [6.07, 6.45) is 1.16. The van der Waals surface area contributed by atoms with Crippen LogP contribution in [0.3, 0.4) is 0 Å². The van der Waals surface area contributed by atoms with E-state index in [-0.39, 0.29) is 16.7 Å². The van der Waals surface area contributed by atoms with Gasteiger partial charge in [-0.05, 0) is 49.6 Å². The molecule has 0 saturated carbocycles. The van der Waals surface area contributed by atoms with Crippen LogP contribution in [0.4, 0.5) is 0 Å². The number of carbonyl (C=O) groups is 1. The van der Waals surface area contributed by atoms with E-state index in [4.69, 9.17) is 23.2 Å². The highest BCUT2D eigenvalue weighted by Gasteiger charge is 2.39. The number of sulfonamides is 1. The van der Waals surface area contributed by atoms with Gasteiger partial charge in [0.05, 0.1) is 0 Å². The Morgan fingerprint density at radius 3 is 2.73 bits per heavy atom. The van der Waals surface area contributed by atoms with Crippen molar-refractivity contribution in [3.63, 3.8) is 0 Å². The quantitative estimate of drug-likeness (QED) is 0.780. The monoisotopic (exact) mass is 432 g/mol. The molecule has 26 heavy (non-hydrogen) atoms. The number of benzene rings is 1. The van der Waals surface area contributed by atoms with Gasteiger partial charge in [-0.15, -0.1) is 11.3 Å². The Kier molecular flexibility index (Phi) is 5.94. The molecule has 9 heteroatoms. The zero-order chi connectivity index (χ0) is 18.9. The molecular weight excluding hydrogens is 415 g/mol. The molecule has 1 aromatic heterocycles. The number of nitrogens with one attached hydrogen (secondary N) is 1. The lowest BCUT2D eigenvalue weighted by molar-refractivity contribution is -0.124. The normalized spacial score (nSPS) is 18.2. The van der Waals surface area contributed by atoms with Gasteiger partial charge in [-0.2, -0.15) is 4.31 Å². The molecule has 2 heterocycles. The van der Waals surface area contributed by atoms with E-state index < -0.39 is 16.1 Å². The molecule has 0 aliphatic carbocycles. The van der Waals surface area contributed by atoms with Crippen LogP contribution in [-0.4, -0.2) is 31.2 Å². The first-order valence-electron chi connectivity index (χ1n) is 8.09. The minimum Gasteiger partial charge on any atom is -0.351 e. The van der Waals surface area contributed by atoms with Gasteiger partial charge < -0.3 is 5.32 Å². The molecule has 1 saturated heterocycles. The minimum atomic E-state index is -3.66. The third-order valence-electron chi connectivity index (χ3n) is 4.25. The van der Waals surface area contributed by atoms with Gasteiger partial charge in [-0.1, -0.05) is 29.3 Å². The van der Waals surface area contributed by atoms with Gasteiger partial charge in [-0.3, -0.25) is 4.79 Å². The summed E-state index contributed by atoms with van der Waals surface area (Å²) in [7, 11) is -3.66. The van der Waals surface area contributed by atoms with Crippen molar-refractivity contribution in [2.75, 3.05) is 6.54 Å². The van der Waals surface area contributed by atoms with Crippen LogP contribution in [0.1, 0.15) is 23.3 Å². The van der Waals surface area contributed by atoms with E-state index in [2.05, 4.69) is 5.32 Å². The maximum absolute atomic E-state index is 12.8. The second-order valence-corrected chi connectivity index (χ2v) is 10.3. The zero-order valence-electron chi connectivity index (χ0n) is 14.0. The molecule has 1 fully saturated rings. The van der Waals surface area contributed by atoms with Crippen LogP contribution in [0.25, 0.3) is 0 Å². The summed E-state index contributed by atoms with van der Waals surface area (Å²) in [4.78, 5) is 13.5. The minimum absolute atomic E-state index is 0.220. The van der Waals surface area contributed by atoms with Gasteiger partial charge in [0.25, 0.3) is 10.0 Å². The molecule has 0 radical (unpaired) electrons. The number of amides is 1. The molecule has 3 rings (SSSR count). The second-order valence-electron chi connectivity index (χ2n) is 6.09. The summed E-state index contributed by atoms with van der Waals surface area (Å²) in [5.41, 5.74) is 0.728. The van der Waals surface area contributed by atoms with E-state index >= 15 is 0 Å². The number of aryl methyl sites for hydroxylation is 1. The molecule has 1 unspecified atom stereocenters. The van der Waals surface area contributed by atoms with E-state index in [1.54, 1.807) is 30.3 Å². The fourth-order valence-corrected chi connectivity index (χ4v) is 6.47. The first-order chi connectivity index (χ1) is 12.3. The molecule has 5 nitrogen and oxygen atoms in total. The highest BCUT2D eigenvalue weighted by Crippen LogP contribution is 2.30. The van der Waals surface area contributed by atoms with E-state index in [1.165, 1.54) is 15.6 Å². The van der Waals surface area contributed by atoms with Gasteiger partial charge in [0, 0.05) is 28.0 Å². The Morgan fingerprint density at radius 2 is 2.08 bits per heavy atom. The lowest BCUT2D eigenvalue weighted by atomic mass is 10.2. The maximum atomic E-state index is 12.8. The molecule has 0 spiro atoms. The molecule has 2 aromatic rings. The van der Waals surface area contributed by atoms with Gasteiger partial charge in [-0.25, -0.2) is 8.42 Å². The first-order valence-corrected chi connectivity index (χ1v) is 11.1. The molecule has 1 aromatic carbocycles. The Labute approximate surface area is 167 Å². The smallest absolute Gasteiger partial charge is 0.253 e. The standard InChI is InChI=1S/C17H18Cl2N2O3S2/c1-11-4-7-16(25-11)26(23,24)21-8-2-3-15(21)17(22)20-10-12-5-6-13(18)9-14(12)19/h4-7,9,15H,2-3,8,10H2,1H3,(H,20,22). The van der Waals surface area contributed by atoms with Crippen LogP contribution in [0, 0.1) is 6.92 Å². The second kappa shape index (κ2) is 7.86. The van der Waals surface area contributed by atoms with E-state index in [9.17, 15) is 13.2 Å². The lowest BCUT2D eigenvalue weighted by Crippen LogP contribution is -2.45. The molecule has 1 aliphatic heterocycles. The highest BCUT2D eigenvalue weighted by molar-refractivity contribution is 7.91. The Morgan fingerprint density at radius 1 is 1.31 bits per heavy atom. The number of hydrogen-bond donors (Lipinski definition) is 1. The average Bonchev–Trinajstić information content (AvgIpc) is 3.23. The van der Waals surface area contributed by atoms with Crippen molar-refractivity contribution < 1.29 is 13.2 Å². The van der Waals surface area contributed by atoms with Crippen LogP contribution in [-0.2, 0) is 21.4 Å². The number of carbonyl (C=O) groups excluding carboxylic acids is 1. The molecule has 1 amide bonds. The van der Waals surface area contributed by atoms with Crippen LogP contribution < -0.4 is 5.32 Å². The Bertz CT molecular complexity index is 928. The highest BCUT2D eigenvalue weighted by atomic mass is 35.5. The van der Waals surface area contributed by atoms with Crippen molar-refractivity contribution in [3.8, 4) is 0 Å². The molecule has 1 atom stereocenters. The average molecular weight is 433 g/mol. The van der Waals surface area contributed by atoms with Crippen molar-refractivity contribution in [2.45, 2.75) is 36.6 Å². The predicted octanol–water partition coefficient (Wildman–Crippen LogP) is 3.83. The molecule has 1 N–H and O–H groups in total. The first kappa shape index (κ1) is 19.6. The summed E-state index contributed by atoms with van der Waals surface area (Å²) in [6, 6.07) is 7.70. The molecule has 140 valence electrons. The third-order valence-corrected chi connectivity index (χ3v) is 8.22. The molecule has 1 aliphatic rings. The topological polar surface area (TPSA) is 66.5 Å². The number of rotatable bonds is 5. The van der Waals surface area contributed by atoms with Crippen molar-refractivity contribution in [1.29, 1.82) is 0 Å². The zero-order valence-corrected chi connectivity index (χ0v) is 17.2. The number of hydrogen-bond acceptors (Lipinski definition) is 4. The van der Waals surface area contributed by atoms with Crippen molar-refractivity contribution in [1.82, 2.24) is 9.62 Å². The largest absolute Gasteiger partial charge is 0.351 e. The van der Waals surface area contributed by atoms with Crippen LogP contribution >= 0.6 is 34.5 Å². The van der Waals surface area contributed by atoms with Crippen LogP contribution in [0.15, 0.2) is 34.5 Å². The number of nitrogens with zero attached hydrogens (tertiary/aromatic N) is 1. The van der Waals surface area contributed by atoms with E-state index in [0.717, 1.165) is 10.4 Å². The number of thiophene rings is 1. The fraction of sp³-hybridized carbons (Fsp3) is 0.353. The summed E-state index contributed by atoms with van der Waals surface area (Å²) < 4.78 is 27.3. The van der Waals surface area contributed by atoms with Crippen LogP contribution in [0.2, 0.25) is 10.0 Å². The predicted molar refractivity (Wildman–Crippen MR) is 104 cm³/mol. The molecule has 0 bridgehead atoms. The Hall–Kier alpha value is -1.12. The summed E-state index contributed by atoms with van der Waals surface area (Å²) >= 11 is 13.2. The summed E-state index contributed by atoms with van der Waals surface area (Å²) in [5, 5.41) is 3.77. The van der Waals surface area contributed by atoms with Crippen LogP contribution in [0.5, 0.6) is 0 Å². The van der Waals surface area contributed by atoms with Gasteiger partial charge in [0.15, 0.2) is 0 Å². The molecular formula is C17H18Cl2N2O3S2. The Balaban J connectivity index is 1.72. The van der Waals surface area contributed by atoms with E-state index in [1.807, 2.05) is 6.92 Å². The van der Waals surface area contributed by atoms with Gasteiger partial charge >= 0.3 is 0 Å². The van der Waals surface area contributed by atoms with Crippen molar-refractivity contribution >= 4 is 50.5 Å². The van der Waals surface area contributed by atoms with E-state index in [0.29, 0.717) is 29.4 Å². The van der Waals surface area contributed by atoms with Crippen molar-refractivity contribution in [3.05, 3.63) is 50.8 Å². The van der Waals surface area contributed by atoms with Crippen molar-refractivity contribution in [2.24, 2.45) is 0 Å². The third kappa shape index (κ3) is 4.07.